The molecule has 6 nitrogen and oxygen atoms in total. The van der Waals surface area contributed by atoms with Crippen LogP contribution in [0.1, 0.15) is 5.89 Å². The van der Waals surface area contributed by atoms with Gasteiger partial charge in [-0.1, -0.05) is 5.16 Å². The highest BCUT2D eigenvalue weighted by molar-refractivity contribution is 5.71. The zero-order valence-corrected chi connectivity index (χ0v) is 7.32. The summed E-state index contributed by atoms with van der Waals surface area (Å²) in [6.45, 7) is 0.807. The highest BCUT2D eigenvalue weighted by atomic mass is 16.5. The molecule has 1 heterocycles. The average Bonchev–Trinajstić information content (AvgIpc) is 2.64. The largest absolute Gasteiger partial charge is 0.468 e. The molecule has 0 atom stereocenters. The molecule has 0 aliphatic carbocycles. The minimum absolute atomic E-state index is 0.199. The van der Waals surface area contributed by atoms with Gasteiger partial charge in [0.05, 0.1) is 13.7 Å². The number of hydrogen-bond donors (Lipinski definition) is 1. The van der Waals surface area contributed by atoms with Crippen LogP contribution in [0.15, 0.2) is 10.9 Å². The molecule has 72 valence electrons. The van der Waals surface area contributed by atoms with Crippen molar-refractivity contribution in [3.05, 3.63) is 12.2 Å². The molecule has 0 fully saturated rings. The lowest BCUT2D eigenvalue weighted by Gasteiger charge is -1.99. The second-order valence-electron chi connectivity index (χ2n) is 2.34. The van der Waals surface area contributed by atoms with Crippen molar-refractivity contribution in [2.24, 2.45) is 0 Å². The fourth-order valence-electron chi connectivity index (χ4n) is 0.764. The summed E-state index contributed by atoms with van der Waals surface area (Å²) in [4.78, 5) is 14.5. The summed E-state index contributed by atoms with van der Waals surface area (Å²) in [5.74, 6) is 0.267. The van der Waals surface area contributed by atoms with Gasteiger partial charge in [-0.2, -0.15) is 4.98 Å². The number of nitrogens with zero attached hydrogens (tertiary/aromatic N) is 2. The molecule has 0 aromatic carbocycles. The maximum Gasteiger partial charge on any atom is 0.319 e. The monoisotopic (exact) mass is 185 g/mol. The summed E-state index contributed by atoms with van der Waals surface area (Å²) < 4.78 is 9.18. The zero-order chi connectivity index (χ0) is 9.52. The molecule has 13 heavy (non-hydrogen) atoms. The lowest BCUT2D eigenvalue weighted by molar-refractivity contribution is -0.139. The fourth-order valence-corrected chi connectivity index (χ4v) is 0.764. The minimum Gasteiger partial charge on any atom is -0.468 e. The van der Waals surface area contributed by atoms with Crippen LogP contribution in [0.4, 0.5) is 0 Å². The summed E-state index contributed by atoms with van der Waals surface area (Å²) in [6, 6.07) is 0. The van der Waals surface area contributed by atoms with E-state index in [1.54, 1.807) is 0 Å². The van der Waals surface area contributed by atoms with Crippen molar-refractivity contribution in [2.75, 3.05) is 20.2 Å². The fraction of sp³-hybridized carbons (Fsp3) is 0.571. The second kappa shape index (κ2) is 5.26. The van der Waals surface area contributed by atoms with E-state index in [0.717, 1.165) is 0 Å². The molecule has 0 unspecified atom stereocenters. The number of ether oxygens (including phenoxy) is 1. The van der Waals surface area contributed by atoms with Gasteiger partial charge >= 0.3 is 5.97 Å². The van der Waals surface area contributed by atoms with Crippen LogP contribution in [-0.2, 0) is 16.0 Å². The third kappa shape index (κ3) is 3.66. The number of nitrogens with one attached hydrogen (secondary N) is 1. The van der Waals surface area contributed by atoms with Crippen LogP contribution in [0.25, 0.3) is 0 Å². The molecule has 0 spiro atoms. The summed E-state index contributed by atoms with van der Waals surface area (Å²) in [7, 11) is 1.35. The molecular weight excluding hydrogens is 174 g/mol. The van der Waals surface area contributed by atoms with Crippen LogP contribution in [0, 0.1) is 0 Å². The number of carbonyl (C=O) groups is 1. The van der Waals surface area contributed by atoms with Crippen molar-refractivity contribution in [2.45, 2.75) is 6.42 Å². The predicted octanol–water partition coefficient (Wildman–Crippen LogP) is -0.625. The van der Waals surface area contributed by atoms with Crippen molar-refractivity contribution < 1.29 is 14.1 Å². The first kappa shape index (κ1) is 9.66. The Morgan fingerprint density at radius 3 is 3.23 bits per heavy atom. The number of esters is 1. The van der Waals surface area contributed by atoms with Crippen LogP contribution in [0.3, 0.4) is 0 Å². The molecule has 0 amide bonds. The van der Waals surface area contributed by atoms with Crippen LogP contribution >= 0.6 is 0 Å². The molecule has 0 bridgehead atoms. The highest BCUT2D eigenvalue weighted by Gasteiger charge is 2.00. The standard InChI is InChI=1S/C7H11N3O3/c1-12-7(11)4-8-3-2-6-9-5-10-13-6/h5,8H,2-4H2,1H3. The lowest BCUT2D eigenvalue weighted by atomic mass is 10.4. The van der Waals surface area contributed by atoms with Crippen molar-refractivity contribution in [3.63, 3.8) is 0 Å². The third-order valence-corrected chi connectivity index (χ3v) is 1.42. The number of methoxy groups -OCH3 is 1. The Balaban J connectivity index is 2.05. The first-order valence-corrected chi connectivity index (χ1v) is 3.86. The number of rotatable bonds is 5. The van der Waals surface area contributed by atoms with Crippen molar-refractivity contribution in [3.8, 4) is 0 Å². The number of hydrogen-bond acceptors (Lipinski definition) is 6. The highest BCUT2D eigenvalue weighted by Crippen LogP contribution is 1.89. The van der Waals surface area contributed by atoms with E-state index in [2.05, 4.69) is 20.2 Å². The molecule has 1 aromatic heterocycles. The maximum absolute atomic E-state index is 10.6. The topological polar surface area (TPSA) is 77.2 Å². The van der Waals surface area contributed by atoms with Crippen molar-refractivity contribution >= 4 is 5.97 Å². The second-order valence-corrected chi connectivity index (χ2v) is 2.34. The average molecular weight is 185 g/mol. The lowest BCUT2D eigenvalue weighted by Crippen LogP contribution is -2.25. The Bertz CT molecular complexity index is 247. The van der Waals surface area contributed by atoms with Crippen molar-refractivity contribution in [1.29, 1.82) is 0 Å². The Morgan fingerprint density at radius 1 is 1.77 bits per heavy atom. The first-order valence-electron chi connectivity index (χ1n) is 3.86. The predicted molar refractivity (Wildman–Crippen MR) is 42.9 cm³/mol. The molecule has 6 heteroatoms. The molecule has 0 radical (unpaired) electrons. The zero-order valence-electron chi connectivity index (χ0n) is 7.32. The SMILES string of the molecule is COC(=O)CNCCc1ncno1. The third-order valence-electron chi connectivity index (χ3n) is 1.42. The van der Waals surface area contributed by atoms with Gasteiger partial charge in [0.25, 0.3) is 0 Å². The van der Waals surface area contributed by atoms with Crippen LogP contribution in [0.2, 0.25) is 0 Å². The van der Waals surface area contributed by atoms with Gasteiger partial charge in [-0.3, -0.25) is 4.79 Å². The van der Waals surface area contributed by atoms with E-state index in [1.165, 1.54) is 13.4 Å². The normalized spacial score (nSPS) is 9.92. The van der Waals surface area contributed by atoms with E-state index >= 15 is 0 Å². The smallest absolute Gasteiger partial charge is 0.319 e. The van der Waals surface area contributed by atoms with Gasteiger partial charge in [-0.15, -0.1) is 0 Å². The Hall–Kier alpha value is -1.43. The van der Waals surface area contributed by atoms with Gasteiger partial charge in [0.1, 0.15) is 0 Å². The molecule has 0 saturated heterocycles. The summed E-state index contributed by atoms with van der Waals surface area (Å²) in [5.41, 5.74) is 0. The van der Waals surface area contributed by atoms with E-state index in [4.69, 9.17) is 4.52 Å². The number of aromatic nitrogens is 2. The Labute approximate surface area is 75.3 Å². The summed E-state index contributed by atoms with van der Waals surface area (Å²) in [5, 5.41) is 6.32. The van der Waals surface area contributed by atoms with Gasteiger partial charge < -0.3 is 14.6 Å². The van der Waals surface area contributed by atoms with Gasteiger partial charge in [0.2, 0.25) is 5.89 Å². The Kier molecular flexibility index (Phi) is 3.90. The van der Waals surface area contributed by atoms with Gasteiger partial charge in [-0.05, 0) is 0 Å². The quantitative estimate of drug-likeness (QED) is 0.486. The molecular formula is C7H11N3O3. The minimum atomic E-state index is -0.287. The van der Waals surface area contributed by atoms with E-state index in [9.17, 15) is 4.79 Å². The number of carbonyl (C=O) groups excluding carboxylic acids is 1. The van der Waals surface area contributed by atoms with Crippen LogP contribution < -0.4 is 5.32 Å². The Morgan fingerprint density at radius 2 is 2.62 bits per heavy atom. The van der Waals surface area contributed by atoms with Crippen molar-refractivity contribution in [1.82, 2.24) is 15.5 Å². The van der Waals surface area contributed by atoms with Gasteiger partial charge in [0, 0.05) is 13.0 Å². The molecule has 0 saturated carbocycles. The summed E-state index contributed by atoms with van der Waals surface area (Å²) >= 11 is 0. The molecule has 1 rings (SSSR count). The van der Waals surface area contributed by atoms with Crippen LogP contribution in [0.5, 0.6) is 0 Å². The molecule has 0 aliphatic heterocycles. The molecule has 0 aliphatic rings. The first-order chi connectivity index (χ1) is 6.33. The van der Waals surface area contributed by atoms with Gasteiger partial charge in [-0.25, -0.2) is 0 Å². The molecule has 1 aromatic rings. The van der Waals surface area contributed by atoms with E-state index in [-0.39, 0.29) is 12.5 Å². The molecule has 1 N–H and O–H groups in total. The van der Waals surface area contributed by atoms with Crippen LogP contribution in [-0.4, -0.2) is 36.3 Å². The van der Waals surface area contributed by atoms with E-state index < -0.39 is 0 Å². The van der Waals surface area contributed by atoms with E-state index in [1.807, 2.05) is 0 Å². The maximum atomic E-state index is 10.6. The van der Waals surface area contributed by atoms with Gasteiger partial charge in [0.15, 0.2) is 6.33 Å². The van der Waals surface area contributed by atoms with E-state index in [0.29, 0.717) is 18.9 Å². The summed E-state index contributed by atoms with van der Waals surface area (Å²) in [6.07, 6.45) is 1.95.